The van der Waals surface area contributed by atoms with Crippen molar-refractivity contribution in [2.24, 2.45) is 0 Å². The van der Waals surface area contributed by atoms with E-state index in [1.54, 1.807) is 11.8 Å². The number of rotatable bonds is 6. The Morgan fingerprint density at radius 2 is 1.63 bits per heavy atom. The van der Waals surface area contributed by atoms with Crippen LogP contribution in [-0.2, 0) is 17.8 Å². The molecule has 30 heavy (non-hydrogen) atoms. The molecule has 0 aliphatic heterocycles. The van der Waals surface area contributed by atoms with Crippen LogP contribution < -0.4 is 10.5 Å². The van der Waals surface area contributed by atoms with Crippen molar-refractivity contribution in [1.29, 1.82) is 0 Å². The van der Waals surface area contributed by atoms with E-state index in [1.807, 2.05) is 67.6 Å². The maximum Gasteiger partial charge on any atom is 0.277 e. The number of nitrogens with zero attached hydrogens (tertiary/aromatic N) is 4. The Bertz CT molecular complexity index is 1230. The highest BCUT2D eigenvalue weighted by Crippen LogP contribution is 2.16. The Morgan fingerprint density at radius 1 is 1.00 bits per heavy atom. The standard InChI is InChI=1S/C23H23N5O2/c1-3-20(29)27(15-18-12-8-5-9-13-18)23-25-22-24-16(2)19(21(30)28(22)26-23)14-17-10-6-4-7-11-17/h4-13H,3,14-15H2,1-2H3,(H,24,25,26). The van der Waals surface area contributed by atoms with Crippen LogP contribution in [0.25, 0.3) is 5.78 Å². The van der Waals surface area contributed by atoms with Crippen LogP contribution in [0.5, 0.6) is 0 Å². The van der Waals surface area contributed by atoms with E-state index in [2.05, 4.69) is 15.1 Å². The Labute approximate surface area is 174 Å². The summed E-state index contributed by atoms with van der Waals surface area (Å²) >= 11 is 0. The van der Waals surface area contributed by atoms with Gasteiger partial charge in [-0.2, -0.15) is 9.50 Å². The van der Waals surface area contributed by atoms with Crippen LogP contribution in [0.15, 0.2) is 65.5 Å². The largest absolute Gasteiger partial charge is 0.277 e. The zero-order valence-electron chi connectivity index (χ0n) is 17.0. The van der Waals surface area contributed by atoms with Crippen molar-refractivity contribution in [3.05, 3.63) is 93.4 Å². The van der Waals surface area contributed by atoms with Gasteiger partial charge in [0.2, 0.25) is 11.9 Å². The van der Waals surface area contributed by atoms with Gasteiger partial charge in [-0.25, -0.2) is 4.98 Å². The van der Waals surface area contributed by atoms with Crippen LogP contribution in [-0.4, -0.2) is 25.5 Å². The van der Waals surface area contributed by atoms with Crippen LogP contribution in [0, 0.1) is 6.92 Å². The Hall–Kier alpha value is -3.74. The summed E-state index contributed by atoms with van der Waals surface area (Å²) in [7, 11) is 0. The number of fused-ring (bicyclic) bond motifs is 1. The molecule has 0 spiro atoms. The minimum Gasteiger partial charge on any atom is -0.277 e. The van der Waals surface area contributed by atoms with E-state index in [-0.39, 0.29) is 17.2 Å². The van der Waals surface area contributed by atoms with E-state index < -0.39 is 0 Å². The molecule has 0 atom stereocenters. The van der Waals surface area contributed by atoms with Gasteiger partial charge >= 0.3 is 0 Å². The van der Waals surface area contributed by atoms with Crippen LogP contribution in [0.3, 0.4) is 0 Å². The van der Waals surface area contributed by atoms with Crippen molar-refractivity contribution < 1.29 is 4.79 Å². The van der Waals surface area contributed by atoms with Crippen molar-refractivity contribution in [3.63, 3.8) is 0 Å². The zero-order chi connectivity index (χ0) is 21.1. The van der Waals surface area contributed by atoms with E-state index in [0.717, 1.165) is 11.1 Å². The second-order valence-corrected chi connectivity index (χ2v) is 7.14. The first-order valence-electron chi connectivity index (χ1n) is 9.93. The zero-order valence-corrected chi connectivity index (χ0v) is 17.0. The number of aromatic nitrogens is 4. The van der Waals surface area contributed by atoms with Gasteiger partial charge in [0.05, 0.1) is 12.2 Å². The lowest BCUT2D eigenvalue weighted by Crippen LogP contribution is -2.31. The smallest absolute Gasteiger partial charge is 0.277 e. The molecule has 0 unspecified atom stereocenters. The molecule has 0 radical (unpaired) electrons. The predicted molar refractivity (Wildman–Crippen MR) is 116 cm³/mol. The highest BCUT2D eigenvalue weighted by Gasteiger charge is 2.21. The molecule has 2 aromatic heterocycles. The average molecular weight is 401 g/mol. The quantitative estimate of drug-likeness (QED) is 0.538. The number of H-pyrrole nitrogens is 1. The molecule has 4 rings (SSSR count). The topological polar surface area (TPSA) is 83.4 Å². The van der Waals surface area contributed by atoms with E-state index in [0.29, 0.717) is 36.6 Å². The number of carbonyl (C=O) groups is 1. The second kappa shape index (κ2) is 8.32. The summed E-state index contributed by atoms with van der Waals surface area (Å²) < 4.78 is 1.32. The number of aromatic amines is 1. The molecule has 2 heterocycles. The highest BCUT2D eigenvalue weighted by atomic mass is 16.2. The van der Waals surface area contributed by atoms with Gasteiger partial charge in [-0.15, -0.1) is 0 Å². The summed E-state index contributed by atoms with van der Waals surface area (Å²) in [4.78, 5) is 36.3. The molecule has 7 nitrogen and oxygen atoms in total. The molecule has 0 bridgehead atoms. The summed E-state index contributed by atoms with van der Waals surface area (Å²) in [6, 6.07) is 19.5. The molecule has 0 aliphatic carbocycles. The molecule has 1 amide bonds. The average Bonchev–Trinajstić information content (AvgIpc) is 3.19. The molecular weight excluding hydrogens is 378 g/mol. The first kappa shape index (κ1) is 19.6. The number of anilines is 1. The first-order valence-corrected chi connectivity index (χ1v) is 9.93. The van der Waals surface area contributed by atoms with Gasteiger partial charge in [0.15, 0.2) is 0 Å². The van der Waals surface area contributed by atoms with Crippen molar-refractivity contribution in [2.75, 3.05) is 4.90 Å². The van der Waals surface area contributed by atoms with Gasteiger partial charge in [0, 0.05) is 18.4 Å². The van der Waals surface area contributed by atoms with Crippen molar-refractivity contribution in [2.45, 2.75) is 33.2 Å². The van der Waals surface area contributed by atoms with Gasteiger partial charge in [-0.1, -0.05) is 67.6 Å². The van der Waals surface area contributed by atoms with Gasteiger partial charge in [0.1, 0.15) is 0 Å². The Balaban J connectivity index is 1.75. The number of hydrogen-bond acceptors (Lipinski definition) is 4. The monoisotopic (exact) mass is 401 g/mol. The predicted octanol–water partition coefficient (Wildman–Crippen LogP) is 3.26. The molecule has 2 aromatic carbocycles. The molecule has 0 aliphatic rings. The fourth-order valence-electron chi connectivity index (χ4n) is 3.41. The van der Waals surface area contributed by atoms with Gasteiger partial charge < -0.3 is 0 Å². The van der Waals surface area contributed by atoms with E-state index in [1.165, 1.54) is 4.52 Å². The van der Waals surface area contributed by atoms with Crippen LogP contribution >= 0.6 is 0 Å². The minimum absolute atomic E-state index is 0.0906. The summed E-state index contributed by atoms with van der Waals surface area (Å²) in [6.45, 7) is 3.97. The van der Waals surface area contributed by atoms with Gasteiger partial charge in [-0.3, -0.25) is 19.6 Å². The van der Waals surface area contributed by atoms with E-state index in [4.69, 9.17) is 0 Å². The fourth-order valence-corrected chi connectivity index (χ4v) is 3.41. The summed E-state index contributed by atoms with van der Waals surface area (Å²) in [5.41, 5.74) is 3.04. The molecule has 7 heteroatoms. The number of amides is 1. The van der Waals surface area contributed by atoms with Gasteiger partial charge in [-0.05, 0) is 18.1 Å². The number of nitrogens with one attached hydrogen (secondary N) is 1. The summed E-state index contributed by atoms with van der Waals surface area (Å²) in [6.07, 6.45) is 0.807. The van der Waals surface area contributed by atoms with Gasteiger partial charge in [0.25, 0.3) is 11.3 Å². The normalized spacial score (nSPS) is 11.0. The third kappa shape index (κ3) is 3.87. The molecule has 0 saturated carbocycles. The number of aryl methyl sites for hydroxylation is 1. The highest BCUT2D eigenvalue weighted by molar-refractivity contribution is 5.91. The summed E-state index contributed by atoms with van der Waals surface area (Å²) in [5, 5.41) is 2.99. The summed E-state index contributed by atoms with van der Waals surface area (Å²) in [5.74, 6) is 0.477. The first-order chi connectivity index (χ1) is 14.6. The molecule has 4 aromatic rings. The molecule has 152 valence electrons. The molecule has 0 saturated heterocycles. The molecule has 1 N–H and O–H groups in total. The van der Waals surface area contributed by atoms with Crippen molar-refractivity contribution in [3.8, 4) is 0 Å². The Morgan fingerprint density at radius 3 is 2.27 bits per heavy atom. The second-order valence-electron chi connectivity index (χ2n) is 7.14. The third-order valence-electron chi connectivity index (χ3n) is 5.05. The maximum absolute atomic E-state index is 13.1. The van der Waals surface area contributed by atoms with Crippen LogP contribution in [0.4, 0.5) is 5.95 Å². The van der Waals surface area contributed by atoms with Crippen LogP contribution in [0.1, 0.15) is 35.7 Å². The lowest BCUT2D eigenvalue weighted by Gasteiger charge is -2.18. The SMILES string of the molecule is CCC(=O)N(Cc1ccccc1)c1nc2nc(C)c(Cc3ccccc3)c(=O)n2[nH]1. The van der Waals surface area contributed by atoms with Crippen LogP contribution in [0.2, 0.25) is 0 Å². The fraction of sp³-hybridized carbons (Fsp3) is 0.217. The minimum atomic E-state index is -0.205. The van der Waals surface area contributed by atoms with Crippen molar-refractivity contribution in [1.82, 2.24) is 19.6 Å². The number of carbonyl (C=O) groups excluding carboxylic acids is 1. The maximum atomic E-state index is 13.1. The lowest BCUT2D eigenvalue weighted by molar-refractivity contribution is -0.118. The molecular formula is C23H23N5O2. The lowest BCUT2D eigenvalue weighted by atomic mass is 10.1. The number of benzene rings is 2. The van der Waals surface area contributed by atoms with E-state index >= 15 is 0 Å². The number of hydrogen-bond donors (Lipinski definition) is 1. The molecule has 0 fully saturated rings. The van der Waals surface area contributed by atoms with Crippen molar-refractivity contribution >= 4 is 17.6 Å². The van der Waals surface area contributed by atoms with E-state index in [9.17, 15) is 9.59 Å². The Kier molecular flexibility index (Phi) is 5.43. The third-order valence-corrected chi connectivity index (χ3v) is 5.05.